The normalized spacial score (nSPS) is 21.2. The predicted molar refractivity (Wildman–Crippen MR) is 134 cm³/mol. The second-order valence-electron chi connectivity index (χ2n) is 9.57. The maximum Gasteiger partial charge on any atom is 0.328 e. The Morgan fingerprint density at radius 2 is 1.85 bits per heavy atom. The SMILES string of the molecule is Cn1c(=O)n(CC2CCC(C(=O)Cc3ccnc(N4CCOCC4)c3)CC2)c2cc(Cl)ccc21. The van der Waals surface area contributed by atoms with Gasteiger partial charge in [0.2, 0.25) is 0 Å². The lowest BCUT2D eigenvalue weighted by atomic mass is 9.79. The van der Waals surface area contributed by atoms with Gasteiger partial charge in [-0.05, 0) is 67.5 Å². The molecule has 8 heteroatoms. The van der Waals surface area contributed by atoms with E-state index in [2.05, 4.69) is 9.88 Å². The molecule has 0 spiro atoms. The fourth-order valence-corrected chi connectivity index (χ4v) is 5.53. The fourth-order valence-electron chi connectivity index (χ4n) is 5.37. The van der Waals surface area contributed by atoms with E-state index in [0.717, 1.165) is 61.2 Å². The summed E-state index contributed by atoms with van der Waals surface area (Å²) < 4.78 is 8.95. The van der Waals surface area contributed by atoms with E-state index in [1.165, 1.54) is 0 Å². The highest BCUT2D eigenvalue weighted by atomic mass is 35.5. The molecule has 0 unspecified atom stereocenters. The molecule has 1 saturated heterocycles. The molecule has 2 aromatic heterocycles. The number of carbonyl (C=O) groups is 1. The van der Waals surface area contributed by atoms with Gasteiger partial charge in [0.1, 0.15) is 11.6 Å². The Balaban J connectivity index is 1.20. The second-order valence-corrected chi connectivity index (χ2v) is 10.0. The van der Waals surface area contributed by atoms with E-state index in [0.29, 0.717) is 42.9 Å². The van der Waals surface area contributed by atoms with Crippen LogP contribution in [0.15, 0.2) is 41.3 Å². The van der Waals surface area contributed by atoms with Gasteiger partial charge in [-0.3, -0.25) is 13.9 Å². The van der Waals surface area contributed by atoms with Crippen LogP contribution in [0.5, 0.6) is 0 Å². The number of aromatic nitrogens is 3. The van der Waals surface area contributed by atoms with Crippen LogP contribution in [0.1, 0.15) is 31.2 Å². The number of fused-ring (bicyclic) bond motifs is 1. The molecule has 0 bridgehead atoms. The summed E-state index contributed by atoms with van der Waals surface area (Å²) in [5, 5.41) is 0.633. The summed E-state index contributed by atoms with van der Waals surface area (Å²) in [6.07, 6.45) is 5.93. The fraction of sp³-hybridized carbons (Fsp3) is 0.500. The molecule has 1 aromatic carbocycles. The van der Waals surface area contributed by atoms with Crippen molar-refractivity contribution in [2.75, 3.05) is 31.2 Å². The number of nitrogens with zero attached hydrogens (tertiary/aromatic N) is 4. The van der Waals surface area contributed by atoms with Crippen LogP contribution in [-0.2, 0) is 29.5 Å². The van der Waals surface area contributed by atoms with Crippen molar-refractivity contribution in [3.63, 3.8) is 0 Å². The van der Waals surface area contributed by atoms with E-state index in [-0.39, 0.29) is 11.6 Å². The minimum atomic E-state index is -0.00998. The van der Waals surface area contributed by atoms with Gasteiger partial charge in [-0.15, -0.1) is 0 Å². The van der Waals surface area contributed by atoms with Crippen LogP contribution in [0.2, 0.25) is 5.02 Å². The zero-order valence-corrected chi connectivity index (χ0v) is 20.3. The number of Topliss-reactive ketones (excluding diaryl/α,β-unsaturated/α-hetero) is 1. The first-order chi connectivity index (χ1) is 16.5. The maximum atomic E-state index is 13.1. The average Bonchev–Trinajstić information content (AvgIpc) is 3.09. The first kappa shape index (κ1) is 23.1. The lowest BCUT2D eigenvalue weighted by Gasteiger charge is -2.29. The highest BCUT2D eigenvalue weighted by molar-refractivity contribution is 6.31. The van der Waals surface area contributed by atoms with Crippen molar-refractivity contribution >= 4 is 34.2 Å². The molecular formula is C26H31ClN4O3. The lowest BCUT2D eigenvalue weighted by Crippen LogP contribution is -2.36. The summed E-state index contributed by atoms with van der Waals surface area (Å²) in [4.78, 5) is 32.6. The van der Waals surface area contributed by atoms with Crippen molar-refractivity contribution in [3.05, 3.63) is 57.6 Å². The molecule has 3 heterocycles. The summed E-state index contributed by atoms with van der Waals surface area (Å²) in [5.74, 6) is 1.72. The highest BCUT2D eigenvalue weighted by Crippen LogP contribution is 2.32. The van der Waals surface area contributed by atoms with Crippen molar-refractivity contribution in [2.24, 2.45) is 18.9 Å². The number of hydrogen-bond donors (Lipinski definition) is 0. The Kier molecular flexibility index (Phi) is 6.75. The van der Waals surface area contributed by atoms with Gasteiger partial charge in [-0.2, -0.15) is 0 Å². The van der Waals surface area contributed by atoms with Gasteiger partial charge in [0.05, 0.1) is 24.2 Å². The smallest absolute Gasteiger partial charge is 0.328 e. The van der Waals surface area contributed by atoms with Gasteiger partial charge in [0.25, 0.3) is 0 Å². The molecule has 3 aromatic rings. The molecule has 7 nitrogen and oxygen atoms in total. The van der Waals surface area contributed by atoms with Gasteiger partial charge < -0.3 is 9.64 Å². The number of hydrogen-bond acceptors (Lipinski definition) is 5. The molecule has 1 saturated carbocycles. The topological polar surface area (TPSA) is 69.4 Å². The van der Waals surface area contributed by atoms with Crippen molar-refractivity contribution in [1.29, 1.82) is 0 Å². The van der Waals surface area contributed by atoms with E-state index in [1.807, 2.05) is 34.9 Å². The number of halogens is 1. The number of benzene rings is 1. The molecule has 0 radical (unpaired) electrons. The number of ether oxygens (including phenoxy) is 1. The number of rotatable bonds is 6. The lowest BCUT2D eigenvalue weighted by molar-refractivity contribution is -0.123. The zero-order valence-electron chi connectivity index (χ0n) is 19.6. The van der Waals surface area contributed by atoms with Crippen LogP contribution in [-0.4, -0.2) is 46.2 Å². The second kappa shape index (κ2) is 9.92. The third kappa shape index (κ3) is 4.77. The van der Waals surface area contributed by atoms with E-state index < -0.39 is 0 Å². The molecule has 1 aliphatic carbocycles. The summed E-state index contributed by atoms with van der Waals surface area (Å²) in [6.45, 7) is 3.77. The predicted octanol–water partition coefficient (Wildman–Crippen LogP) is 3.84. The Morgan fingerprint density at radius 3 is 2.62 bits per heavy atom. The Hall–Kier alpha value is -2.64. The molecule has 5 rings (SSSR count). The number of anilines is 1. The first-order valence-corrected chi connectivity index (χ1v) is 12.5. The molecule has 34 heavy (non-hydrogen) atoms. The van der Waals surface area contributed by atoms with Crippen molar-refractivity contribution in [2.45, 2.75) is 38.6 Å². The summed E-state index contributed by atoms with van der Waals surface area (Å²) in [7, 11) is 1.80. The molecule has 0 atom stereocenters. The molecule has 2 fully saturated rings. The van der Waals surface area contributed by atoms with Gasteiger partial charge >= 0.3 is 5.69 Å². The number of pyridine rings is 1. The van der Waals surface area contributed by atoms with Crippen molar-refractivity contribution in [1.82, 2.24) is 14.1 Å². The quantitative estimate of drug-likeness (QED) is 0.534. The number of aryl methyl sites for hydroxylation is 1. The standard InChI is InChI=1S/C26H31ClN4O3/c1-29-22-7-6-21(27)16-23(22)31(26(29)33)17-18-2-4-20(5-3-18)24(32)14-19-8-9-28-25(15-19)30-10-12-34-13-11-30/h6-9,15-16,18,20H,2-5,10-14,17H2,1H3. The van der Waals surface area contributed by atoms with E-state index in [9.17, 15) is 9.59 Å². The van der Waals surface area contributed by atoms with E-state index >= 15 is 0 Å². The molecule has 180 valence electrons. The third-order valence-electron chi connectivity index (χ3n) is 7.37. The minimum Gasteiger partial charge on any atom is -0.378 e. The zero-order chi connectivity index (χ0) is 23.7. The van der Waals surface area contributed by atoms with Gasteiger partial charge in [-0.1, -0.05) is 11.6 Å². The Bertz CT molecular complexity index is 1240. The number of carbonyl (C=O) groups excluding carboxylic acids is 1. The van der Waals surface area contributed by atoms with E-state index in [4.69, 9.17) is 16.3 Å². The monoisotopic (exact) mass is 482 g/mol. The van der Waals surface area contributed by atoms with Gasteiger partial charge in [0.15, 0.2) is 0 Å². The van der Waals surface area contributed by atoms with Crippen LogP contribution in [0.25, 0.3) is 11.0 Å². The molecule has 0 amide bonds. The molecule has 0 N–H and O–H groups in total. The largest absolute Gasteiger partial charge is 0.378 e. The summed E-state index contributed by atoms with van der Waals surface area (Å²) in [6, 6.07) is 9.58. The van der Waals surface area contributed by atoms with Gasteiger partial charge in [-0.25, -0.2) is 9.78 Å². The minimum absolute atomic E-state index is 0.00998. The Labute approximate surface area is 204 Å². The van der Waals surface area contributed by atoms with Crippen LogP contribution >= 0.6 is 11.6 Å². The summed E-state index contributed by atoms with van der Waals surface area (Å²) in [5.41, 5.74) is 2.80. The Morgan fingerprint density at radius 1 is 1.09 bits per heavy atom. The van der Waals surface area contributed by atoms with E-state index in [1.54, 1.807) is 17.8 Å². The first-order valence-electron chi connectivity index (χ1n) is 12.1. The highest BCUT2D eigenvalue weighted by Gasteiger charge is 2.27. The summed E-state index contributed by atoms with van der Waals surface area (Å²) >= 11 is 6.20. The van der Waals surface area contributed by atoms with Crippen LogP contribution in [0.3, 0.4) is 0 Å². The van der Waals surface area contributed by atoms with Crippen LogP contribution in [0, 0.1) is 11.8 Å². The average molecular weight is 483 g/mol. The van der Waals surface area contributed by atoms with Gasteiger partial charge in [0, 0.05) is 50.2 Å². The van der Waals surface area contributed by atoms with Crippen LogP contribution < -0.4 is 10.6 Å². The third-order valence-corrected chi connectivity index (χ3v) is 7.61. The van der Waals surface area contributed by atoms with Crippen molar-refractivity contribution in [3.8, 4) is 0 Å². The molecule has 2 aliphatic rings. The molecular weight excluding hydrogens is 452 g/mol. The number of imidazole rings is 1. The molecule has 1 aliphatic heterocycles. The maximum absolute atomic E-state index is 13.1. The number of morpholine rings is 1. The van der Waals surface area contributed by atoms with Crippen LogP contribution in [0.4, 0.5) is 5.82 Å². The number of ketones is 1. The van der Waals surface area contributed by atoms with Crippen molar-refractivity contribution < 1.29 is 9.53 Å².